The number of ether oxygens (including phenoxy) is 3. The molecule has 0 spiro atoms. The Kier molecular flexibility index (Phi) is 3.52. The second-order valence-electron chi connectivity index (χ2n) is 3.34. The van der Waals surface area contributed by atoms with Crippen molar-refractivity contribution in [3.05, 3.63) is 22.5 Å². The van der Waals surface area contributed by atoms with Gasteiger partial charge in [-0.05, 0) is 12.1 Å². The van der Waals surface area contributed by atoms with Crippen molar-refractivity contribution in [1.29, 1.82) is 0 Å². The summed E-state index contributed by atoms with van der Waals surface area (Å²) in [6, 6.07) is 3.42. The van der Waals surface area contributed by atoms with E-state index in [1.807, 2.05) is 0 Å². The van der Waals surface area contributed by atoms with Crippen LogP contribution in [0.15, 0.2) is 16.9 Å². The van der Waals surface area contributed by atoms with Gasteiger partial charge in [0.25, 0.3) is 5.56 Å². The van der Waals surface area contributed by atoms with Crippen molar-refractivity contribution in [1.82, 2.24) is 8.75 Å². The van der Waals surface area contributed by atoms with Crippen LogP contribution in [0, 0.1) is 0 Å². The number of nitrogens with one attached hydrogen (secondary N) is 1. The second kappa shape index (κ2) is 5.09. The van der Waals surface area contributed by atoms with Crippen LogP contribution in [-0.2, 0) is 0 Å². The molecule has 0 aliphatic carbocycles. The molecule has 0 saturated heterocycles. The van der Waals surface area contributed by atoms with Crippen LogP contribution in [0.25, 0.3) is 11.3 Å². The molecule has 96 valence electrons. The number of aromatic nitrogens is 2. The number of methoxy groups -OCH3 is 3. The van der Waals surface area contributed by atoms with Crippen LogP contribution >= 0.6 is 11.7 Å². The maximum atomic E-state index is 11.6. The first-order valence-corrected chi connectivity index (χ1v) is 5.84. The summed E-state index contributed by atoms with van der Waals surface area (Å²) < 4.78 is 22.3. The molecular weight excluding hydrogens is 256 g/mol. The summed E-state index contributed by atoms with van der Waals surface area (Å²) in [7, 11) is 4.55. The summed E-state index contributed by atoms with van der Waals surface area (Å²) in [6.07, 6.45) is 0. The Morgan fingerprint density at radius 3 is 2.33 bits per heavy atom. The third-order valence-corrected chi connectivity index (χ3v) is 3.00. The minimum Gasteiger partial charge on any atom is -0.493 e. The third kappa shape index (κ3) is 1.92. The molecule has 0 unspecified atom stereocenters. The van der Waals surface area contributed by atoms with E-state index in [-0.39, 0.29) is 5.56 Å². The van der Waals surface area contributed by atoms with Gasteiger partial charge < -0.3 is 14.2 Å². The van der Waals surface area contributed by atoms with Gasteiger partial charge in [0, 0.05) is 11.7 Å². The van der Waals surface area contributed by atoms with Crippen molar-refractivity contribution >= 4 is 11.7 Å². The molecule has 0 aliphatic heterocycles. The molecule has 0 aliphatic rings. The SMILES string of the molecule is COc1ccc(-c2ns[nH]c2=O)c(OC)c1OC. The fourth-order valence-electron chi connectivity index (χ4n) is 1.66. The van der Waals surface area contributed by atoms with Crippen molar-refractivity contribution in [2.45, 2.75) is 0 Å². The fraction of sp³-hybridized carbons (Fsp3) is 0.273. The zero-order valence-corrected chi connectivity index (χ0v) is 11.0. The third-order valence-electron chi connectivity index (χ3n) is 2.45. The first-order valence-electron chi connectivity index (χ1n) is 5.06. The first-order chi connectivity index (χ1) is 8.72. The topological polar surface area (TPSA) is 73.4 Å². The van der Waals surface area contributed by atoms with Gasteiger partial charge in [-0.3, -0.25) is 9.17 Å². The molecule has 0 bridgehead atoms. The minimum atomic E-state index is -0.259. The summed E-state index contributed by atoms with van der Waals surface area (Å²) in [5.41, 5.74) is 0.612. The van der Waals surface area contributed by atoms with E-state index < -0.39 is 0 Å². The second-order valence-corrected chi connectivity index (χ2v) is 3.91. The highest BCUT2D eigenvalue weighted by Crippen LogP contribution is 2.42. The molecule has 2 rings (SSSR count). The van der Waals surface area contributed by atoms with E-state index in [4.69, 9.17) is 14.2 Å². The first kappa shape index (κ1) is 12.4. The van der Waals surface area contributed by atoms with Gasteiger partial charge in [0.2, 0.25) is 5.75 Å². The average Bonchev–Trinajstić information content (AvgIpc) is 2.82. The van der Waals surface area contributed by atoms with Crippen LogP contribution in [0.3, 0.4) is 0 Å². The zero-order chi connectivity index (χ0) is 13.1. The van der Waals surface area contributed by atoms with E-state index in [0.717, 1.165) is 11.7 Å². The Morgan fingerprint density at radius 1 is 1.11 bits per heavy atom. The number of benzene rings is 1. The molecule has 18 heavy (non-hydrogen) atoms. The van der Waals surface area contributed by atoms with Gasteiger partial charge in [0.15, 0.2) is 17.2 Å². The van der Waals surface area contributed by atoms with Gasteiger partial charge in [-0.25, -0.2) is 0 Å². The van der Waals surface area contributed by atoms with Gasteiger partial charge in [-0.1, -0.05) is 0 Å². The Hall–Kier alpha value is -2.02. The molecule has 0 amide bonds. The highest BCUT2D eigenvalue weighted by atomic mass is 32.1. The lowest BCUT2D eigenvalue weighted by atomic mass is 10.1. The molecule has 1 aromatic carbocycles. The van der Waals surface area contributed by atoms with Crippen LogP contribution in [-0.4, -0.2) is 30.1 Å². The highest BCUT2D eigenvalue weighted by molar-refractivity contribution is 6.99. The number of aromatic amines is 1. The lowest BCUT2D eigenvalue weighted by Crippen LogP contribution is -2.04. The van der Waals surface area contributed by atoms with Crippen molar-refractivity contribution in [3.8, 4) is 28.5 Å². The zero-order valence-electron chi connectivity index (χ0n) is 10.1. The van der Waals surface area contributed by atoms with E-state index in [0.29, 0.717) is 28.5 Å². The van der Waals surface area contributed by atoms with E-state index in [2.05, 4.69) is 8.75 Å². The summed E-state index contributed by atoms with van der Waals surface area (Å²) in [4.78, 5) is 11.6. The van der Waals surface area contributed by atoms with Crippen LogP contribution in [0.4, 0.5) is 0 Å². The molecular formula is C11H12N2O4S. The summed E-state index contributed by atoms with van der Waals surface area (Å²) >= 11 is 0.989. The minimum absolute atomic E-state index is 0.259. The van der Waals surface area contributed by atoms with Crippen LogP contribution < -0.4 is 19.8 Å². The number of rotatable bonds is 4. The van der Waals surface area contributed by atoms with E-state index in [9.17, 15) is 4.79 Å². The van der Waals surface area contributed by atoms with Gasteiger partial charge in [-0.15, -0.1) is 0 Å². The van der Waals surface area contributed by atoms with Gasteiger partial charge >= 0.3 is 0 Å². The Morgan fingerprint density at radius 2 is 1.83 bits per heavy atom. The maximum absolute atomic E-state index is 11.6. The van der Waals surface area contributed by atoms with Crippen molar-refractivity contribution in [2.24, 2.45) is 0 Å². The number of nitrogens with zero attached hydrogens (tertiary/aromatic N) is 1. The molecule has 7 heteroatoms. The molecule has 0 atom stereocenters. The number of hydrogen-bond acceptors (Lipinski definition) is 6. The predicted octanol–water partition coefficient (Wildman–Crippen LogP) is 1.52. The lowest BCUT2D eigenvalue weighted by Gasteiger charge is -2.14. The van der Waals surface area contributed by atoms with Crippen LogP contribution in [0.2, 0.25) is 0 Å². The molecule has 2 aromatic rings. The van der Waals surface area contributed by atoms with Gasteiger partial charge in [0.1, 0.15) is 0 Å². The summed E-state index contributed by atoms with van der Waals surface area (Å²) in [5.74, 6) is 1.39. The van der Waals surface area contributed by atoms with E-state index in [1.165, 1.54) is 21.3 Å². The maximum Gasteiger partial charge on any atom is 0.286 e. The van der Waals surface area contributed by atoms with Crippen molar-refractivity contribution in [3.63, 3.8) is 0 Å². The molecule has 0 radical (unpaired) electrons. The van der Waals surface area contributed by atoms with Gasteiger partial charge in [-0.2, -0.15) is 4.37 Å². The molecule has 6 nitrogen and oxygen atoms in total. The number of hydrogen-bond donors (Lipinski definition) is 1. The molecule has 1 N–H and O–H groups in total. The number of H-pyrrole nitrogens is 1. The fourth-order valence-corrected chi connectivity index (χ4v) is 2.16. The van der Waals surface area contributed by atoms with Crippen molar-refractivity contribution < 1.29 is 14.2 Å². The quantitative estimate of drug-likeness (QED) is 0.910. The Bertz CT molecular complexity index is 605. The van der Waals surface area contributed by atoms with E-state index >= 15 is 0 Å². The van der Waals surface area contributed by atoms with Gasteiger partial charge in [0.05, 0.1) is 26.9 Å². The Labute approximate surface area is 107 Å². The highest BCUT2D eigenvalue weighted by Gasteiger charge is 2.20. The molecule has 1 heterocycles. The largest absolute Gasteiger partial charge is 0.493 e. The molecule has 1 aromatic heterocycles. The summed E-state index contributed by atoms with van der Waals surface area (Å²) in [5, 5.41) is 0. The van der Waals surface area contributed by atoms with Crippen molar-refractivity contribution in [2.75, 3.05) is 21.3 Å². The monoisotopic (exact) mass is 268 g/mol. The smallest absolute Gasteiger partial charge is 0.286 e. The standard InChI is InChI=1S/C11H12N2O4S/c1-15-7-5-4-6(8-11(14)13-18-12-8)9(16-2)10(7)17-3/h4-5H,1-3H3,(H,13,14). The van der Waals surface area contributed by atoms with Crippen LogP contribution in [0.1, 0.15) is 0 Å². The Balaban J connectivity index is 2.69. The molecule has 0 saturated carbocycles. The normalized spacial score (nSPS) is 10.2. The lowest BCUT2D eigenvalue weighted by molar-refractivity contribution is 0.325. The van der Waals surface area contributed by atoms with E-state index in [1.54, 1.807) is 12.1 Å². The average molecular weight is 268 g/mol. The van der Waals surface area contributed by atoms with Crippen LogP contribution in [0.5, 0.6) is 17.2 Å². The molecule has 0 fully saturated rings. The predicted molar refractivity (Wildman–Crippen MR) is 67.8 cm³/mol. The summed E-state index contributed by atoms with van der Waals surface area (Å²) in [6.45, 7) is 0.